The molecule has 0 radical (unpaired) electrons. The molecule has 1 heterocycles. The smallest absolute Gasteiger partial charge is 0.321 e. The maximum Gasteiger partial charge on any atom is 0.321 e. The number of carboxylic acid groups (broad SMARTS) is 1. The van der Waals surface area contributed by atoms with Crippen LogP contribution in [-0.2, 0) is 4.79 Å². The van der Waals surface area contributed by atoms with Gasteiger partial charge in [0, 0.05) is 18.8 Å². The van der Waals surface area contributed by atoms with E-state index in [0.29, 0.717) is 43.1 Å². The van der Waals surface area contributed by atoms with Gasteiger partial charge in [0.15, 0.2) is 0 Å². The number of carboxylic acids is 1. The molecule has 2 aromatic rings. The molecule has 0 aromatic heterocycles. The summed E-state index contributed by atoms with van der Waals surface area (Å²) >= 11 is 0. The number of ether oxygens (including phenoxy) is 1. The monoisotopic (exact) mass is 383 g/mol. The van der Waals surface area contributed by atoms with Crippen molar-refractivity contribution in [3.8, 4) is 11.5 Å². The third kappa shape index (κ3) is 4.59. The van der Waals surface area contributed by atoms with E-state index in [1.807, 2.05) is 0 Å². The van der Waals surface area contributed by atoms with Crippen LogP contribution in [0.5, 0.6) is 11.5 Å². The molecule has 8 heteroatoms. The van der Waals surface area contributed by atoms with E-state index in [1.165, 1.54) is 0 Å². The molecule has 0 aliphatic carbocycles. The van der Waals surface area contributed by atoms with E-state index in [1.54, 1.807) is 53.4 Å². The summed E-state index contributed by atoms with van der Waals surface area (Å²) < 4.78 is 5.70. The number of aliphatic carboxylic acids is 1. The molecule has 0 bridgehead atoms. The Bertz CT molecular complexity index is 874. The van der Waals surface area contributed by atoms with Gasteiger partial charge in [-0.15, -0.1) is 0 Å². The van der Waals surface area contributed by atoms with Gasteiger partial charge in [-0.05, 0) is 49.2 Å². The highest BCUT2D eigenvalue weighted by Gasteiger charge is 2.26. The Hall–Kier alpha value is -3.55. The second-order valence-electron chi connectivity index (χ2n) is 6.52. The van der Waals surface area contributed by atoms with E-state index in [9.17, 15) is 14.4 Å². The predicted molar refractivity (Wildman–Crippen MR) is 102 cm³/mol. The Morgan fingerprint density at radius 1 is 1.04 bits per heavy atom. The summed E-state index contributed by atoms with van der Waals surface area (Å²) in [4.78, 5) is 36.4. The SMILES string of the molecule is NC(=O)c1ccccc1Oc1ccc(NC(=O)N2CCC(C(=O)O)CC2)cc1. The molecule has 1 aliphatic rings. The van der Waals surface area contributed by atoms with Crippen LogP contribution in [0.2, 0.25) is 0 Å². The lowest BCUT2D eigenvalue weighted by Crippen LogP contribution is -2.42. The first-order valence-electron chi connectivity index (χ1n) is 8.89. The first-order chi connectivity index (χ1) is 13.4. The summed E-state index contributed by atoms with van der Waals surface area (Å²) in [6.45, 7) is 0.821. The van der Waals surface area contributed by atoms with Crippen molar-refractivity contribution in [2.75, 3.05) is 18.4 Å². The summed E-state index contributed by atoms with van der Waals surface area (Å²) in [6.07, 6.45) is 0.906. The number of hydrogen-bond donors (Lipinski definition) is 3. The highest BCUT2D eigenvalue weighted by Crippen LogP contribution is 2.26. The molecule has 3 rings (SSSR count). The van der Waals surface area contributed by atoms with Gasteiger partial charge >= 0.3 is 12.0 Å². The normalized spacial score (nSPS) is 14.4. The maximum atomic E-state index is 12.3. The van der Waals surface area contributed by atoms with Gasteiger partial charge in [-0.1, -0.05) is 12.1 Å². The van der Waals surface area contributed by atoms with E-state index < -0.39 is 11.9 Å². The first-order valence-corrected chi connectivity index (χ1v) is 8.89. The summed E-state index contributed by atoms with van der Waals surface area (Å²) in [7, 11) is 0. The number of primary amides is 1. The van der Waals surface area contributed by atoms with Crippen molar-refractivity contribution >= 4 is 23.6 Å². The van der Waals surface area contributed by atoms with E-state index in [4.69, 9.17) is 15.6 Å². The highest BCUT2D eigenvalue weighted by molar-refractivity contribution is 5.95. The number of likely N-dealkylation sites (tertiary alicyclic amines) is 1. The van der Waals surface area contributed by atoms with Crippen molar-refractivity contribution in [3.05, 3.63) is 54.1 Å². The summed E-state index contributed by atoms with van der Waals surface area (Å²) in [5.41, 5.74) is 6.21. The number of nitrogens with zero attached hydrogens (tertiary/aromatic N) is 1. The van der Waals surface area contributed by atoms with Gasteiger partial charge in [0.25, 0.3) is 5.91 Å². The third-order valence-corrected chi connectivity index (χ3v) is 4.62. The molecule has 1 fully saturated rings. The fourth-order valence-electron chi connectivity index (χ4n) is 3.02. The number of para-hydroxylation sites is 1. The number of carbonyl (C=O) groups is 3. The molecule has 0 saturated carbocycles. The van der Waals surface area contributed by atoms with Crippen LogP contribution in [-0.4, -0.2) is 41.0 Å². The second kappa shape index (κ2) is 8.43. The Balaban J connectivity index is 1.58. The molecular weight excluding hydrogens is 362 g/mol. The molecule has 4 N–H and O–H groups in total. The minimum atomic E-state index is -0.812. The predicted octanol–water partition coefficient (Wildman–Crippen LogP) is 2.91. The van der Waals surface area contributed by atoms with Crippen molar-refractivity contribution in [3.63, 3.8) is 0 Å². The summed E-state index contributed by atoms with van der Waals surface area (Å²) in [5, 5.41) is 11.8. The molecule has 2 aromatic carbocycles. The fraction of sp³-hybridized carbons (Fsp3) is 0.250. The lowest BCUT2D eigenvalue weighted by molar-refractivity contribution is -0.143. The number of benzene rings is 2. The average molecular weight is 383 g/mol. The number of urea groups is 1. The highest BCUT2D eigenvalue weighted by atomic mass is 16.5. The van der Waals surface area contributed by atoms with Crippen LogP contribution in [0.4, 0.5) is 10.5 Å². The number of nitrogens with one attached hydrogen (secondary N) is 1. The molecule has 1 saturated heterocycles. The lowest BCUT2D eigenvalue weighted by Gasteiger charge is -2.30. The molecule has 3 amide bonds. The van der Waals surface area contributed by atoms with Crippen LogP contribution >= 0.6 is 0 Å². The Kier molecular flexibility index (Phi) is 5.78. The van der Waals surface area contributed by atoms with Gasteiger partial charge in [0.1, 0.15) is 11.5 Å². The number of piperidine rings is 1. The van der Waals surface area contributed by atoms with Crippen molar-refractivity contribution in [2.24, 2.45) is 11.7 Å². The molecule has 8 nitrogen and oxygen atoms in total. The zero-order valence-corrected chi connectivity index (χ0v) is 15.1. The van der Waals surface area contributed by atoms with Gasteiger partial charge < -0.3 is 25.8 Å². The average Bonchev–Trinajstić information content (AvgIpc) is 2.69. The minimum absolute atomic E-state index is 0.267. The molecule has 146 valence electrons. The number of amides is 3. The summed E-state index contributed by atoms with van der Waals surface area (Å²) in [5.74, 6) is -0.925. The van der Waals surface area contributed by atoms with E-state index >= 15 is 0 Å². The van der Waals surface area contributed by atoms with Gasteiger partial charge in [-0.2, -0.15) is 0 Å². The van der Waals surface area contributed by atoms with Gasteiger partial charge in [0.05, 0.1) is 11.5 Å². The van der Waals surface area contributed by atoms with E-state index in [0.717, 1.165) is 0 Å². The maximum absolute atomic E-state index is 12.3. The van der Waals surface area contributed by atoms with Crippen LogP contribution < -0.4 is 15.8 Å². The van der Waals surface area contributed by atoms with Crippen LogP contribution in [0.25, 0.3) is 0 Å². The van der Waals surface area contributed by atoms with Crippen molar-refractivity contribution in [2.45, 2.75) is 12.8 Å². The molecule has 0 unspecified atom stereocenters. The molecule has 0 spiro atoms. The second-order valence-corrected chi connectivity index (χ2v) is 6.52. The van der Waals surface area contributed by atoms with Crippen molar-refractivity contribution in [1.29, 1.82) is 0 Å². The number of anilines is 1. The van der Waals surface area contributed by atoms with E-state index in [2.05, 4.69) is 5.32 Å². The van der Waals surface area contributed by atoms with Crippen LogP contribution in [0.15, 0.2) is 48.5 Å². The fourth-order valence-corrected chi connectivity index (χ4v) is 3.02. The third-order valence-electron chi connectivity index (χ3n) is 4.62. The first kappa shape index (κ1) is 19.2. The van der Waals surface area contributed by atoms with Gasteiger partial charge in [-0.25, -0.2) is 4.79 Å². The van der Waals surface area contributed by atoms with Crippen molar-refractivity contribution in [1.82, 2.24) is 4.90 Å². The minimum Gasteiger partial charge on any atom is -0.481 e. The van der Waals surface area contributed by atoms with E-state index in [-0.39, 0.29) is 17.5 Å². The van der Waals surface area contributed by atoms with Crippen LogP contribution in [0, 0.1) is 5.92 Å². The zero-order chi connectivity index (χ0) is 20.1. The molecule has 1 aliphatic heterocycles. The van der Waals surface area contributed by atoms with Crippen LogP contribution in [0.3, 0.4) is 0 Å². The van der Waals surface area contributed by atoms with Crippen LogP contribution in [0.1, 0.15) is 23.2 Å². The largest absolute Gasteiger partial charge is 0.481 e. The van der Waals surface area contributed by atoms with Crippen molar-refractivity contribution < 1.29 is 24.2 Å². The Morgan fingerprint density at radius 3 is 2.29 bits per heavy atom. The molecule has 0 atom stereocenters. The Morgan fingerprint density at radius 2 is 1.68 bits per heavy atom. The topological polar surface area (TPSA) is 122 Å². The molecule has 28 heavy (non-hydrogen) atoms. The standard InChI is InChI=1S/C20H21N3O5/c21-18(24)16-3-1-2-4-17(16)28-15-7-5-14(6-8-15)22-20(27)23-11-9-13(10-12-23)19(25)26/h1-8,13H,9-12H2,(H2,21,24)(H,22,27)(H,25,26). The zero-order valence-electron chi connectivity index (χ0n) is 15.1. The number of hydrogen-bond acceptors (Lipinski definition) is 4. The molecular formula is C20H21N3O5. The number of nitrogens with two attached hydrogens (primary N) is 1. The Labute approximate surface area is 161 Å². The van der Waals surface area contributed by atoms with Gasteiger partial charge in [-0.3, -0.25) is 9.59 Å². The number of rotatable bonds is 5. The quantitative estimate of drug-likeness (QED) is 0.733. The lowest BCUT2D eigenvalue weighted by atomic mass is 9.97. The van der Waals surface area contributed by atoms with Gasteiger partial charge in [0.2, 0.25) is 0 Å². The summed E-state index contributed by atoms with van der Waals surface area (Å²) in [6, 6.07) is 13.1. The number of carbonyl (C=O) groups excluding carboxylic acids is 2.